The van der Waals surface area contributed by atoms with Crippen molar-refractivity contribution in [3.8, 4) is 17.2 Å². The van der Waals surface area contributed by atoms with Gasteiger partial charge in [0.15, 0.2) is 11.5 Å². The first kappa shape index (κ1) is 31.0. The summed E-state index contributed by atoms with van der Waals surface area (Å²) >= 11 is 13.1. The molecule has 1 aliphatic heterocycles. The second-order valence-electron chi connectivity index (χ2n) is 9.00. The summed E-state index contributed by atoms with van der Waals surface area (Å²) in [5.41, 5.74) is 2.66. The first-order chi connectivity index (χ1) is 20.2. The SMILES string of the molecule is C=CCc1cc(/C=C2/SC(=O)N(CC(=O)Nc3ccc(OC)cc3)C2=O)cc(OCC)c1OCc1ccc(Cl)cc1Cl. The molecule has 4 rings (SSSR count). The van der Waals surface area contributed by atoms with Crippen molar-refractivity contribution < 1.29 is 28.6 Å². The number of ether oxygens (including phenoxy) is 3. The minimum atomic E-state index is -0.559. The number of benzene rings is 3. The molecule has 0 bridgehead atoms. The van der Waals surface area contributed by atoms with Crippen LogP contribution in [0.5, 0.6) is 17.2 Å². The van der Waals surface area contributed by atoms with Gasteiger partial charge in [-0.05, 0) is 85.3 Å². The normalized spacial score (nSPS) is 13.8. The maximum atomic E-state index is 13.1. The Balaban J connectivity index is 1.54. The van der Waals surface area contributed by atoms with Crippen molar-refractivity contribution in [2.45, 2.75) is 20.0 Å². The van der Waals surface area contributed by atoms with Gasteiger partial charge in [0, 0.05) is 26.9 Å². The number of thioether (sulfide) groups is 1. The molecule has 11 heteroatoms. The van der Waals surface area contributed by atoms with E-state index in [0.29, 0.717) is 51.6 Å². The van der Waals surface area contributed by atoms with Crippen molar-refractivity contribution in [1.29, 1.82) is 0 Å². The summed E-state index contributed by atoms with van der Waals surface area (Å²) in [7, 11) is 1.54. The van der Waals surface area contributed by atoms with Gasteiger partial charge in [-0.15, -0.1) is 6.58 Å². The Morgan fingerprint density at radius 3 is 2.48 bits per heavy atom. The van der Waals surface area contributed by atoms with E-state index in [4.69, 9.17) is 37.4 Å². The van der Waals surface area contributed by atoms with Crippen molar-refractivity contribution in [3.63, 3.8) is 0 Å². The standard InChI is InChI=1S/C31H28Cl2N2O6S/c1-4-6-20-13-19(14-26(40-5-2)29(20)41-18-21-7-8-22(32)16-25(21)33)15-27-30(37)35(31(38)42-27)17-28(36)34-23-9-11-24(39-3)12-10-23/h4,7-16H,1,5-6,17-18H2,2-3H3,(H,34,36)/b27-15+. The lowest BCUT2D eigenvalue weighted by atomic mass is 10.0. The molecule has 0 aromatic heterocycles. The summed E-state index contributed by atoms with van der Waals surface area (Å²) in [6, 6.07) is 15.5. The molecule has 1 aliphatic rings. The largest absolute Gasteiger partial charge is 0.497 e. The highest BCUT2D eigenvalue weighted by Crippen LogP contribution is 2.38. The molecule has 3 aromatic rings. The molecule has 0 atom stereocenters. The van der Waals surface area contributed by atoms with Gasteiger partial charge in [0.05, 0.1) is 18.6 Å². The number of rotatable bonds is 12. The summed E-state index contributed by atoms with van der Waals surface area (Å²) in [5, 5.41) is 3.15. The van der Waals surface area contributed by atoms with Crippen LogP contribution in [0.3, 0.4) is 0 Å². The van der Waals surface area contributed by atoms with Gasteiger partial charge in [0.1, 0.15) is 18.9 Å². The highest BCUT2D eigenvalue weighted by molar-refractivity contribution is 8.18. The number of carbonyl (C=O) groups excluding carboxylic acids is 3. The molecule has 1 fully saturated rings. The van der Waals surface area contributed by atoms with Gasteiger partial charge in [-0.1, -0.05) is 35.3 Å². The highest BCUT2D eigenvalue weighted by Gasteiger charge is 2.36. The Morgan fingerprint density at radius 1 is 1.05 bits per heavy atom. The average molecular weight is 628 g/mol. The zero-order valence-electron chi connectivity index (χ0n) is 22.9. The van der Waals surface area contributed by atoms with E-state index < -0.39 is 23.6 Å². The molecule has 8 nitrogen and oxygen atoms in total. The van der Waals surface area contributed by atoms with Crippen LogP contribution in [0.2, 0.25) is 10.0 Å². The summed E-state index contributed by atoms with van der Waals surface area (Å²) in [4.78, 5) is 39.5. The quantitative estimate of drug-likeness (QED) is 0.165. The third-order valence-corrected chi connectivity index (χ3v) is 7.55. The zero-order chi connectivity index (χ0) is 30.2. The van der Waals surface area contributed by atoms with E-state index in [1.807, 2.05) is 13.0 Å². The molecule has 0 unspecified atom stereocenters. The fourth-order valence-corrected chi connectivity index (χ4v) is 5.40. The van der Waals surface area contributed by atoms with E-state index in [-0.39, 0.29) is 11.5 Å². The zero-order valence-corrected chi connectivity index (χ0v) is 25.3. The summed E-state index contributed by atoms with van der Waals surface area (Å²) in [5.74, 6) is 0.557. The molecule has 1 N–H and O–H groups in total. The number of carbonyl (C=O) groups is 3. The number of hydrogen-bond donors (Lipinski definition) is 1. The summed E-state index contributed by atoms with van der Waals surface area (Å²) < 4.78 is 17.2. The average Bonchev–Trinajstić information content (AvgIpc) is 3.21. The summed E-state index contributed by atoms with van der Waals surface area (Å²) in [6.07, 6.45) is 3.78. The monoisotopic (exact) mass is 626 g/mol. The van der Waals surface area contributed by atoms with Crippen LogP contribution in [0.4, 0.5) is 10.5 Å². The molecule has 3 aromatic carbocycles. The van der Waals surface area contributed by atoms with Crippen molar-refractivity contribution in [1.82, 2.24) is 4.90 Å². The van der Waals surface area contributed by atoms with E-state index in [9.17, 15) is 14.4 Å². The van der Waals surface area contributed by atoms with E-state index in [2.05, 4.69) is 11.9 Å². The van der Waals surface area contributed by atoms with Crippen molar-refractivity contribution in [2.75, 3.05) is 25.6 Å². The van der Waals surface area contributed by atoms with Gasteiger partial charge < -0.3 is 19.5 Å². The Labute approximate surface area is 258 Å². The number of methoxy groups -OCH3 is 1. The molecule has 1 saturated heterocycles. The van der Waals surface area contributed by atoms with Crippen LogP contribution in [0.1, 0.15) is 23.6 Å². The van der Waals surface area contributed by atoms with Gasteiger partial charge in [0.25, 0.3) is 11.1 Å². The third-order valence-electron chi connectivity index (χ3n) is 6.05. The third kappa shape index (κ3) is 7.67. The van der Waals surface area contributed by atoms with Crippen molar-refractivity contribution in [2.24, 2.45) is 0 Å². The van der Waals surface area contributed by atoms with Crippen molar-refractivity contribution in [3.05, 3.63) is 98.9 Å². The molecule has 0 spiro atoms. The molecule has 0 aliphatic carbocycles. The first-order valence-corrected chi connectivity index (χ1v) is 14.5. The maximum absolute atomic E-state index is 13.1. The number of amides is 3. The predicted molar refractivity (Wildman–Crippen MR) is 167 cm³/mol. The van der Waals surface area contributed by atoms with Gasteiger partial charge in [0.2, 0.25) is 5.91 Å². The van der Waals surface area contributed by atoms with Crippen LogP contribution < -0.4 is 19.5 Å². The molecular weight excluding hydrogens is 599 g/mol. The summed E-state index contributed by atoms with van der Waals surface area (Å²) in [6.45, 7) is 5.82. The predicted octanol–water partition coefficient (Wildman–Crippen LogP) is 7.38. The second kappa shape index (κ2) is 14.3. The lowest BCUT2D eigenvalue weighted by molar-refractivity contribution is -0.127. The van der Waals surface area contributed by atoms with Crippen LogP contribution in [0.25, 0.3) is 6.08 Å². The molecule has 0 radical (unpaired) electrons. The molecular formula is C31H28Cl2N2O6S. The molecule has 42 heavy (non-hydrogen) atoms. The fraction of sp³-hybridized carbons (Fsp3) is 0.194. The van der Waals surface area contributed by atoms with Gasteiger partial charge in [-0.25, -0.2) is 0 Å². The first-order valence-electron chi connectivity index (χ1n) is 12.9. The molecule has 1 heterocycles. The van der Waals surface area contributed by atoms with Gasteiger partial charge in [-0.2, -0.15) is 0 Å². The van der Waals surface area contributed by atoms with Crippen LogP contribution in [0, 0.1) is 0 Å². The van der Waals surface area contributed by atoms with E-state index in [1.54, 1.807) is 67.8 Å². The number of nitrogens with zero attached hydrogens (tertiary/aromatic N) is 1. The molecule has 3 amide bonds. The lowest BCUT2D eigenvalue weighted by Crippen LogP contribution is -2.36. The molecule has 0 saturated carbocycles. The smallest absolute Gasteiger partial charge is 0.294 e. The van der Waals surface area contributed by atoms with E-state index >= 15 is 0 Å². The topological polar surface area (TPSA) is 94.2 Å². The number of imide groups is 1. The Hall–Kier alpha value is -3.92. The van der Waals surface area contributed by atoms with Crippen LogP contribution in [0.15, 0.2) is 72.2 Å². The van der Waals surface area contributed by atoms with Gasteiger partial charge >= 0.3 is 0 Å². The Kier molecular flexibility index (Phi) is 10.6. The highest BCUT2D eigenvalue weighted by atomic mass is 35.5. The number of nitrogens with one attached hydrogen (secondary N) is 1. The van der Waals surface area contributed by atoms with Gasteiger partial charge in [-0.3, -0.25) is 19.3 Å². The van der Waals surface area contributed by atoms with Crippen molar-refractivity contribution >= 4 is 63.8 Å². The lowest BCUT2D eigenvalue weighted by Gasteiger charge is -2.17. The molecule has 218 valence electrons. The Bertz CT molecular complexity index is 1540. The Morgan fingerprint density at radius 2 is 1.81 bits per heavy atom. The van der Waals surface area contributed by atoms with E-state index in [0.717, 1.165) is 27.8 Å². The van der Waals surface area contributed by atoms with Crippen LogP contribution >= 0.6 is 35.0 Å². The number of allylic oxidation sites excluding steroid dienone is 1. The minimum absolute atomic E-state index is 0.178. The second-order valence-corrected chi connectivity index (χ2v) is 10.8. The van der Waals surface area contributed by atoms with E-state index in [1.165, 1.54) is 0 Å². The fourth-order valence-electron chi connectivity index (χ4n) is 4.10. The van der Waals surface area contributed by atoms with Crippen LogP contribution in [-0.4, -0.2) is 42.2 Å². The number of halogens is 2. The van der Waals surface area contributed by atoms with Crippen LogP contribution in [-0.2, 0) is 22.6 Å². The maximum Gasteiger partial charge on any atom is 0.294 e. The minimum Gasteiger partial charge on any atom is -0.497 e. The number of anilines is 1. The number of hydrogen-bond acceptors (Lipinski definition) is 7.